The van der Waals surface area contributed by atoms with E-state index in [1.54, 1.807) is 0 Å². The van der Waals surface area contributed by atoms with Crippen LogP contribution in [0.2, 0.25) is 0 Å². The van der Waals surface area contributed by atoms with Crippen LogP contribution in [0.3, 0.4) is 0 Å². The monoisotopic (exact) mass is 354 g/mol. The molecule has 0 radical (unpaired) electrons. The molecular weight excluding hydrogens is 312 g/mol. The van der Waals surface area contributed by atoms with E-state index in [1.165, 1.54) is 45.3 Å². The van der Waals surface area contributed by atoms with Crippen LogP contribution in [0.5, 0.6) is 0 Å². The van der Waals surface area contributed by atoms with Gasteiger partial charge in [-0.05, 0) is 52.0 Å². The summed E-state index contributed by atoms with van der Waals surface area (Å²) in [5.74, 6) is 1.51. The zero-order valence-corrected chi connectivity index (χ0v) is 17.3. The molecule has 1 heterocycles. The first-order valence-electron chi connectivity index (χ1n) is 10.5. The molecular formula is C20H42N4O. The molecule has 2 N–H and O–H groups in total. The molecule has 0 aromatic heterocycles. The Morgan fingerprint density at radius 3 is 2.48 bits per heavy atom. The summed E-state index contributed by atoms with van der Waals surface area (Å²) in [4.78, 5) is 7.38. The summed E-state index contributed by atoms with van der Waals surface area (Å²) < 4.78 is 5.82. The van der Waals surface area contributed by atoms with E-state index in [0.717, 1.165) is 32.1 Å². The maximum atomic E-state index is 5.82. The molecule has 25 heavy (non-hydrogen) atoms. The van der Waals surface area contributed by atoms with Gasteiger partial charge >= 0.3 is 0 Å². The fourth-order valence-corrected chi connectivity index (χ4v) is 3.32. The number of hydrogen-bond donors (Lipinski definition) is 2. The normalized spacial score (nSPS) is 18.6. The molecule has 1 aliphatic rings. The predicted molar refractivity (Wildman–Crippen MR) is 108 cm³/mol. The van der Waals surface area contributed by atoms with E-state index < -0.39 is 0 Å². The molecule has 0 aromatic rings. The highest BCUT2D eigenvalue weighted by molar-refractivity contribution is 5.80. The molecule has 0 spiro atoms. The lowest BCUT2D eigenvalue weighted by molar-refractivity contribution is 0.0266. The third-order valence-corrected chi connectivity index (χ3v) is 4.91. The maximum absolute atomic E-state index is 5.82. The van der Waals surface area contributed by atoms with Gasteiger partial charge in [0, 0.05) is 38.8 Å². The topological polar surface area (TPSA) is 48.9 Å². The van der Waals surface area contributed by atoms with Crippen molar-refractivity contribution in [3.8, 4) is 0 Å². The fourth-order valence-electron chi connectivity index (χ4n) is 3.32. The Morgan fingerprint density at radius 1 is 1.20 bits per heavy atom. The molecule has 1 fully saturated rings. The number of ether oxygens (including phenoxy) is 1. The van der Waals surface area contributed by atoms with Crippen LogP contribution >= 0.6 is 0 Å². The minimum absolute atomic E-state index is 0.304. The van der Waals surface area contributed by atoms with Gasteiger partial charge in [0.2, 0.25) is 0 Å². The van der Waals surface area contributed by atoms with Crippen LogP contribution in [0.15, 0.2) is 4.99 Å². The van der Waals surface area contributed by atoms with E-state index in [4.69, 9.17) is 9.73 Å². The third kappa shape index (κ3) is 9.45. The number of nitrogens with one attached hydrogen (secondary N) is 2. The first kappa shape index (κ1) is 22.2. The maximum Gasteiger partial charge on any atom is 0.191 e. The van der Waals surface area contributed by atoms with Gasteiger partial charge in [-0.2, -0.15) is 0 Å². The Kier molecular flexibility index (Phi) is 11.9. The Morgan fingerprint density at radius 2 is 1.92 bits per heavy atom. The van der Waals surface area contributed by atoms with Crippen LogP contribution in [0.1, 0.15) is 66.7 Å². The van der Waals surface area contributed by atoms with Crippen molar-refractivity contribution in [2.75, 3.05) is 39.3 Å². The first-order chi connectivity index (χ1) is 12.1. The molecule has 0 amide bonds. The average Bonchev–Trinajstić information content (AvgIpc) is 2.60. The number of aliphatic imine (C=N–C) groups is 1. The number of guanidine groups is 1. The summed E-state index contributed by atoms with van der Waals surface area (Å²) in [6.45, 7) is 17.1. The quantitative estimate of drug-likeness (QED) is 0.442. The Balaban J connectivity index is 2.40. The second kappa shape index (κ2) is 13.4. The number of nitrogens with zero attached hydrogens (tertiary/aromatic N) is 2. The number of hydrogen-bond acceptors (Lipinski definition) is 3. The van der Waals surface area contributed by atoms with Crippen LogP contribution in [0, 0.1) is 5.92 Å². The van der Waals surface area contributed by atoms with E-state index in [9.17, 15) is 0 Å². The second-order valence-electron chi connectivity index (χ2n) is 7.40. The molecule has 0 saturated carbocycles. The van der Waals surface area contributed by atoms with E-state index in [-0.39, 0.29) is 0 Å². The van der Waals surface area contributed by atoms with Crippen LogP contribution in [-0.4, -0.2) is 62.3 Å². The van der Waals surface area contributed by atoms with Gasteiger partial charge < -0.3 is 20.3 Å². The van der Waals surface area contributed by atoms with E-state index >= 15 is 0 Å². The standard InChI is InChI=1S/C20H42N4O/c1-6-9-14-24-15-11-18(12-16-24)23-20(21-7-2)22-13-10-19(17(4)5)25-8-3/h17-19H,6-16H2,1-5H3,(H2,21,22,23). The zero-order chi connectivity index (χ0) is 18.5. The predicted octanol–water partition coefficient (Wildman–Crippen LogP) is 3.26. The summed E-state index contributed by atoms with van der Waals surface area (Å²) in [6.07, 6.45) is 6.31. The molecule has 5 heteroatoms. The number of rotatable bonds is 11. The molecule has 0 aromatic carbocycles. The highest BCUT2D eigenvalue weighted by atomic mass is 16.5. The van der Waals surface area contributed by atoms with Crippen molar-refractivity contribution < 1.29 is 4.74 Å². The smallest absolute Gasteiger partial charge is 0.191 e. The molecule has 1 unspecified atom stereocenters. The van der Waals surface area contributed by atoms with Crippen LogP contribution in [0.4, 0.5) is 0 Å². The Labute approximate surface area is 156 Å². The van der Waals surface area contributed by atoms with Gasteiger partial charge in [-0.15, -0.1) is 0 Å². The zero-order valence-electron chi connectivity index (χ0n) is 17.3. The molecule has 0 bridgehead atoms. The molecule has 1 aliphatic heterocycles. The van der Waals surface area contributed by atoms with Crippen molar-refractivity contribution in [2.45, 2.75) is 78.9 Å². The molecule has 148 valence electrons. The van der Waals surface area contributed by atoms with Crippen molar-refractivity contribution in [3.63, 3.8) is 0 Å². The van der Waals surface area contributed by atoms with E-state index in [2.05, 4.69) is 50.2 Å². The van der Waals surface area contributed by atoms with Crippen LogP contribution in [0.25, 0.3) is 0 Å². The molecule has 1 saturated heterocycles. The first-order valence-corrected chi connectivity index (χ1v) is 10.5. The van der Waals surface area contributed by atoms with Crippen molar-refractivity contribution in [1.29, 1.82) is 0 Å². The Hall–Kier alpha value is -0.810. The lowest BCUT2D eigenvalue weighted by atomic mass is 10.0. The van der Waals surface area contributed by atoms with E-state index in [0.29, 0.717) is 18.1 Å². The number of likely N-dealkylation sites (tertiary alicyclic amines) is 1. The highest BCUT2D eigenvalue weighted by Gasteiger charge is 2.19. The summed E-state index contributed by atoms with van der Waals surface area (Å²) in [5, 5.41) is 7.03. The van der Waals surface area contributed by atoms with Crippen molar-refractivity contribution in [2.24, 2.45) is 10.9 Å². The third-order valence-electron chi connectivity index (χ3n) is 4.91. The SMILES string of the molecule is CCCCN1CCC(NC(=NCCC(OCC)C(C)C)NCC)CC1. The van der Waals surface area contributed by atoms with E-state index in [1.807, 2.05) is 0 Å². The van der Waals surface area contributed by atoms with Crippen molar-refractivity contribution >= 4 is 5.96 Å². The van der Waals surface area contributed by atoms with Gasteiger partial charge in [-0.3, -0.25) is 4.99 Å². The lowest BCUT2D eigenvalue weighted by Gasteiger charge is -2.33. The fraction of sp³-hybridized carbons (Fsp3) is 0.950. The van der Waals surface area contributed by atoms with Crippen LogP contribution in [-0.2, 0) is 4.74 Å². The minimum atomic E-state index is 0.304. The molecule has 1 atom stereocenters. The molecule has 5 nitrogen and oxygen atoms in total. The lowest BCUT2D eigenvalue weighted by Crippen LogP contribution is -2.48. The van der Waals surface area contributed by atoms with Gasteiger partial charge in [-0.1, -0.05) is 27.2 Å². The van der Waals surface area contributed by atoms with Gasteiger partial charge in [0.25, 0.3) is 0 Å². The van der Waals surface area contributed by atoms with Gasteiger partial charge in [0.15, 0.2) is 5.96 Å². The van der Waals surface area contributed by atoms with Crippen molar-refractivity contribution in [3.05, 3.63) is 0 Å². The molecule has 1 rings (SSSR count). The molecule has 0 aliphatic carbocycles. The van der Waals surface area contributed by atoms with Gasteiger partial charge in [0.1, 0.15) is 0 Å². The second-order valence-corrected chi connectivity index (χ2v) is 7.40. The summed E-state index contributed by atoms with van der Waals surface area (Å²) >= 11 is 0. The number of unbranched alkanes of at least 4 members (excludes halogenated alkanes) is 1. The highest BCUT2D eigenvalue weighted by Crippen LogP contribution is 2.12. The van der Waals surface area contributed by atoms with Gasteiger partial charge in [0.05, 0.1) is 6.10 Å². The number of piperidine rings is 1. The average molecular weight is 355 g/mol. The van der Waals surface area contributed by atoms with Crippen LogP contribution < -0.4 is 10.6 Å². The summed E-state index contributed by atoms with van der Waals surface area (Å²) in [5.41, 5.74) is 0. The van der Waals surface area contributed by atoms with Crippen molar-refractivity contribution in [1.82, 2.24) is 15.5 Å². The largest absolute Gasteiger partial charge is 0.378 e. The Bertz CT molecular complexity index is 352. The van der Waals surface area contributed by atoms with Gasteiger partial charge in [-0.25, -0.2) is 0 Å². The summed E-state index contributed by atoms with van der Waals surface area (Å²) in [6, 6.07) is 0.545. The summed E-state index contributed by atoms with van der Waals surface area (Å²) in [7, 11) is 0. The minimum Gasteiger partial charge on any atom is -0.378 e.